The maximum Gasteiger partial charge on any atom is 0.410 e. The van der Waals surface area contributed by atoms with Crippen molar-refractivity contribution in [2.75, 3.05) is 0 Å². The van der Waals surface area contributed by atoms with E-state index in [0.29, 0.717) is 12.8 Å². The molecule has 0 saturated carbocycles. The van der Waals surface area contributed by atoms with Crippen molar-refractivity contribution in [3.8, 4) is 0 Å². The number of amides is 1. The Hall–Kier alpha value is -1.39. The summed E-state index contributed by atoms with van der Waals surface area (Å²) in [6, 6.07) is -0.0183. The first kappa shape index (κ1) is 18.7. The van der Waals surface area contributed by atoms with Gasteiger partial charge in [-0.2, -0.15) is 0 Å². The molecule has 126 valence electrons. The zero-order chi connectivity index (χ0) is 16.8. The van der Waals surface area contributed by atoms with Crippen LogP contribution in [0.25, 0.3) is 0 Å². The van der Waals surface area contributed by atoms with E-state index in [0.717, 1.165) is 38.4 Å². The van der Waals surface area contributed by atoms with Crippen LogP contribution in [-0.2, 0) is 14.3 Å². The maximum atomic E-state index is 12.6. The molecule has 1 rings (SSSR count). The molecule has 0 spiro atoms. The van der Waals surface area contributed by atoms with E-state index in [-0.39, 0.29) is 24.0 Å². The lowest BCUT2D eigenvalue weighted by Gasteiger charge is -2.42. The second kappa shape index (κ2) is 8.30. The summed E-state index contributed by atoms with van der Waals surface area (Å²) in [4.78, 5) is 36.4. The van der Waals surface area contributed by atoms with E-state index in [2.05, 4.69) is 0 Å². The van der Waals surface area contributed by atoms with Crippen molar-refractivity contribution in [3.63, 3.8) is 0 Å². The molecule has 0 aliphatic carbocycles. The van der Waals surface area contributed by atoms with Crippen LogP contribution in [0.2, 0.25) is 0 Å². The van der Waals surface area contributed by atoms with E-state index >= 15 is 0 Å². The number of rotatable bonds is 6. The monoisotopic (exact) mass is 311 g/mol. The number of ketones is 1. The molecule has 1 aliphatic heterocycles. The minimum atomic E-state index is -0.553. The van der Waals surface area contributed by atoms with Crippen molar-refractivity contribution in [1.29, 1.82) is 0 Å². The number of carbonyl (C=O) groups is 3. The SMILES string of the molecule is CC(=O)C[C@@H]1CCC[C@@H](CCCC=O)N1C(=O)OC(C)(C)C. The number of nitrogens with zero attached hydrogens (tertiary/aromatic N) is 1. The normalized spacial score (nSPS) is 22.3. The Balaban J connectivity index is 2.85. The fourth-order valence-electron chi connectivity index (χ4n) is 3.03. The van der Waals surface area contributed by atoms with Gasteiger partial charge in [0.25, 0.3) is 0 Å². The van der Waals surface area contributed by atoms with Crippen molar-refractivity contribution >= 4 is 18.2 Å². The molecular weight excluding hydrogens is 282 g/mol. The summed E-state index contributed by atoms with van der Waals surface area (Å²) >= 11 is 0. The predicted octanol–water partition coefficient (Wildman–Crippen LogP) is 3.49. The number of unbranched alkanes of at least 4 members (excludes halogenated alkanes) is 1. The molecule has 0 bridgehead atoms. The molecule has 22 heavy (non-hydrogen) atoms. The van der Waals surface area contributed by atoms with Gasteiger partial charge < -0.3 is 14.4 Å². The molecule has 0 N–H and O–H groups in total. The summed E-state index contributed by atoms with van der Waals surface area (Å²) in [6.07, 6.45) is 5.76. The highest BCUT2D eigenvalue weighted by atomic mass is 16.6. The topological polar surface area (TPSA) is 63.7 Å². The standard InChI is InChI=1S/C17H29NO4/c1-13(20)12-15-10-7-9-14(8-5-6-11-19)18(15)16(21)22-17(2,3)4/h11,14-15H,5-10,12H2,1-4H3/t14-,15+/m1/s1. The highest BCUT2D eigenvalue weighted by Crippen LogP contribution is 2.30. The van der Waals surface area contributed by atoms with Gasteiger partial charge in [0.05, 0.1) is 0 Å². The van der Waals surface area contributed by atoms with Crippen LogP contribution in [0.5, 0.6) is 0 Å². The molecule has 1 amide bonds. The molecule has 0 radical (unpaired) electrons. The quantitative estimate of drug-likeness (QED) is 0.556. The Labute approximate surface area is 133 Å². The molecule has 0 aromatic heterocycles. The molecule has 2 atom stereocenters. The van der Waals surface area contributed by atoms with Gasteiger partial charge in [-0.15, -0.1) is 0 Å². The van der Waals surface area contributed by atoms with Gasteiger partial charge in [0, 0.05) is 24.9 Å². The molecule has 0 aromatic carbocycles. The van der Waals surface area contributed by atoms with Crippen molar-refractivity contribution in [2.24, 2.45) is 0 Å². The average molecular weight is 311 g/mol. The van der Waals surface area contributed by atoms with Crippen molar-refractivity contribution in [1.82, 2.24) is 4.90 Å². The number of piperidine rings is 1. The van der Waals surface area contributed by atoms with Gasteiger partial charge in [0.15, 0.2) is 0 Å². The Kier molecular flexibility index (Phi) is 7.04. The molecule has 5 heteroatoms. The van der Waals surface area contributed by atoms with E-state index in [1.165, 1.54) is 0 Å². The van der Waals surface area contributed by atoms with Gasteiger partial charge in [-0.3, -0.25) is 4.79 Å². The fraction of sp³-hybridized carbons (Fsp3) is 0.824. The van der Waals surface area contributed by atoms with E-state index in [4.69, 9.17) is 4.74 Å². The van der Waals surface area contributed by atoms with Gasteiger partial charge in [-0.1, -0.05) is 0 Å². The minimum Gasteiger partial charge on any atom is -0.444 e. The lowest BCUT2D eigenvalue weighted by molar-refractivity contribution is -0.118. The second-order valence-corrected chi connectivity index (χ2v) is 7.13. The predicted molar refractivity (Wildman–Crippen MR) is 84.7 cm³/mol. The fourth-order valence-corrected chi connectivity index (χ4v) is 3.03. The third-order valence-electron chi connectivity index (χ3n) is 3.85. The summed E-state index contributed by atoms with van der Waals surface area (Å²) in [7, 11) is 0. The highest BCUT2D eigenvalue weighted by Gasteiger charge is 2.36. The highest BCUT2D eigenvalue weighted by molar-refractivity contribution is 5.77. The molecule has 1 fully saturated rings. The first-order chi connectivity index (χ1) is 10.2. The van der Waals surface area contributed by atoms with Gasteiger partial charge >= 0.3 is 6.09 Å². The van der Waals surface area contributed by atoms with Crippen LogP contribution in [0.15, 0.2) is 0 Å². The van der Waals surface area contributed by atoms with Crippen molar-refractivity contribution in [2.45, 2.75) is 90.3 Å². The summed E-state index contributed by atoms with van der Waals surface area (Å²) in [5, 5.41) is 0. The smallest absolute Gasteiger partial charge is 0.410 e. The molecule has 1 heterocycles. The Bertz CT molecular complexity index is 400. The number of ether oxygens (including phenoxy) is 1. The number of hydrogen-bond acceptors (Lipinski definition) is 4. The van der Waals surface area contributed by atoms with Gasteiger partial charge in [0.2, 0.25) is 0 Å². The first-order valence-corrected chi connectivity index (χ1v) is 8.19. The molecule has 0 unspecified atom stereocenters. The third kappa shape index (κ3) is 6.16. The van der Waals surface area contributed by atoms with Crippen LogP contribution >= 0.6 is 0 Å². The molecule has 1 aliphatic rings. The number of aldehydes is 1. The van der Waals surface area contributed by atoms with E-state index in [1.54, 1.807) is 11.8 Å². The van der Waals surface area contributed by atoms with E-state index < -0.39 is 5.60 Å². The second-order valence-electron chi connectivity index (χ2n) is 7.13. The summed E-state index contributed by atoms with van der Waals surface area (Å²) in [5.74, 6) is 0.0899. The van der Waals surface area contributed by atoms with Crippen LogP contribution in [-0.4, -0.2) is 40.7 Å². The van der Waals surface area contributed by atoms with E-state index in [9.17, 15) is 14.4 Å². The Morgan fingerprint density at radius 3 is 2.41 bits per heavy atom. The summed E-state index contributed by atoms with van der Waals surface area (Å²) in [6.45, 7) is 7.09. The molecule has 5 nitrogen and oxygen atoms in total. The van der Waals surface area contributed by atoms with E-state index in [1.807, 2.05) is 20.8 Å². The molecule has 1 saturated heterocycles. The van der Waals surface area contributed by atoms with Crippen LogP contribution in [0.1, 0.15) is 72.6 Å². The number of Topliss-reactive ketones (excluding diaryl/α,β-unsaturated/α-hetero) is 1. The zero-order valence-electron chi connectivity index (χ0n) is 14.3. The van der Waals surface area contributed by atoms with Gasteiger partial charge in [-0.25, -0.2) is 4.79 Å². The van der Waals surface area contributed by atoms with Crippen molar-refractivity contribution < 1.29 is 19.1 Å². The van der Waals surface area contributed by atoms with Crippen LogP contribution in [0.4, 0.5) is 4.79 Å². The van der Waals surface area contributed by atoms with Crippen LogP contribution in [0, 0.1) is 0 Å². The summed E-state index contributed by atoms with van der Waals surface area (Å²) in [5.41, 5.74) is -0.553. The molecule has 0 aromatic rings. The number of hydrogen-bond donors (Lipinski definition) is 0. The Morgan fingerprint density at radius 2 is 1.86 bits per heavy atom. The van der Waals surface area contributed by atoms with Gasteiger partial charge in [0.1, 0.15) is 17.7 Å². The first-order valence-electron chi connectivity index (χ1n) is 8.19. The minimum absolute atomic E-state index is 0.0629. The maximum absolute atomic E-state index is 12.6. The molecular formula is C17H29NO4. The number of carbonyl (C=O) groups excluding carboxylic acids is 3. The van der Waals surface area contributed by atoms with Gasteiger partial charge in [-0.05, 0) is 59.8 Å². The van der Waals surface area contributed by atoms with Crippen LogP contribution in [0.3, 0.4) is 0 Å². The lowest BCUT2D eigenvalue weighted by Crippen LogP contribution is -2.52. The lowest BCUT2D eigenvalue weighted by atomic mass is 9.90. The average Bonchev–Trinajstić information content (AvgIpc) is 2.36. The third-order valence-corrected chi connectivity index (χ3v) is 3.85. The van der Waals surface area contributed by atoms with Crippen molar-refractivity contribution in [3.05, 3.63) is 0 Å². The largest absolute Gasteiger partial charge is 0.444 e. The van der Waals surface area contributed by atoms with Crippen LogP contribution < -0.4 is 0 Å². The summed E-state index contributed by atoms with van der Waals surface area (Å²) < 4.78 is 5.53. The number of likely N-dealkylation sites (tertiary alicyclic amines) is 1. The Morgan fingerprint density at radius 1 is 1.23 bits per heavy atom. The zero-order valence-corrected chi connectivity index (χ0v) is 14.3.